The molecule has 7 atom stereocenters. The van der Waals surface area contributed by atoms with Crippen LogP contribution < -0.4 is 0 Å². The lowest BCUT2D eigenvalue weighted by Gasteiger charge is -2.58. The summed E-state index contributed by atoms with van der Waals surface area (Å²) in [6.45, 7) is 6.97. The van der Waals surface area contributed by atoms with E-state index in [4.69, 9.17) is 10.00 Å². The van der Waals surface area contributed by atoms with Gasteiger partial charge in [0.15, 0.2) is 5.79 Å². The summed E-state index contributed by atoms with van der Waals surface area (Å²) in [6.07, 6.45) is 10.3. The van der Waals surface area contributed by atoms with Crippen LogP contribution in [0.3, 0.4) is 0 Å². The minimum Gasteiger partial charge on any atom is -0.365 e. The van der Waals surface area contributed by atoms with Gasteiger partial charge in [-0.15, -0.1) is 0 Å². The molecule has 3 unspecified atom stereocenters. The van der Waals surface area contributed by atoms with E-state index in [0.29, 0.717) is 48.5 Å². The number of allylic oxidation sites excluding steroid dienone is 1. The number of rotatable bonds is 4. The normalized spacial score (nSPS) is 41.8. The summed E-state index contributed by atoms with van der Waals surface area (Å²) in [4.78, 5) is 12.4. The van der Waals surface area contributed by atoms with E-state index in [0.717, 1.165) is 31.2 Å². The predicted octanol–water partition coefficient (Wildman–Crippen LogP) is 5.93. The van der Waals surface area contributed by atoms with Gasteiger partial charge in [-0.25, -0.2) is 0 Å². The number of hydrogen-bond donors (Lipinski definition) is 1. The number of ketones is 1. The molecule has 4 aliphatic carbocycles. The van der Waals surface area contributed by atoms with Gasteiger partial charge in [-0.05, 0) is 91.7 Å². The molecule has 176 valence electrons. The molecule has 33 heavy (non-hydrogen) atoms. The van der Waals surface area contributed by atoms with Crippen LogP contribution >= 0.6 is 0 Å². The Morgan fingerprint density at radius 3 is 2.58 bits per heavy atom. The molecule has 3 fully saturated rings. The first-order chi connectivity index (χ1) is 15.7. The first-order valence-corrected chi connectivity index (χ1v) is 12.7. The van der Waals surface area contributed by atoms with E-state index in [1.54, 1.807) is 19.1 Å². The van der Waals surface area contributed by atoms with Crippen LogP contribution in [0.5, 0.6) is 0 Å². The Hall–Kier alpha value is -1.96. The molecule has 0 amide bonds. The molecule has 0 radical (unpaired) electrons. The van der Waals surface area contributed by atoms with Gasteiger partial charge in [0.1, 0.15) is 5.78 Å². The zero-order valence-electron chi connectivity index (χ0n) is 20.3. The van der Waals surface area contributed by atoms with Gasteiger partial charge in [0.05, 0.1) is 18.2 Å². The van der Waals surface area contributed by atoms with Crippen LogP contribution in [-0.4, -0.2) is 16.7 Å². The lowest BCUT2D eigenvalue weighted by molar-refractivity contribution is -0.231. The number of nitrogens with zero attached hydrogens (tertiary/aromatic N) is 1. The Morgan fingerprint density at radius 2 is 1.88 bits per heavy atom. The van der Waals surface area contributed by atoms with Crippen molar-refractivity contribution in [3.8, 4) is 6.07 Å². The Balaban J connectivity index is 1.31. The van der Waals surface area contributed by atoms with Gasteiger partial charge in [0.25, 0.3) is 0 Å². The second-order valence-corrected chi connectivity index (χ2v) is 11.8. The van der Waals surface area contributed by atoms with Gasteiger partial charge >= 0.3 is 0 Å². The maximum Gasteiger partial charge on any atom is 0.169 e. The Morgan fingerprint density at radius 1 is 1.12 bits per heavy atom. The molecule has 0 spiro atoms. The summed E-state index contributed by atoms with van der Waals surface area (Å²) in [7, 11) is 0. The molecule has 1 N–H and O–H groups in total. The fraction of sp³-hybridized carbons (Fsp3) is 0.655. The fourth-order valence-corrected chi connectivity index (χ4v) is 8.30. The number of ether oxygens (including phenoxy) is 1. The Kier molecular flexibility index (Phi) is 5.58. The monoisotopic (exact) mass is 447 g/mol. The largest absolute Gasteiger partial charge is 0.365 e. The molecule has 0 aromatic heterocycles. The number of carbonyl (C=O) groups excluding carboxylic acids is 1. The molecule has 3 saturated carbocycles. The van der Waals surface area contributed by atoms with Crippen molar-refractivity contribution in [2.45, 2.75) is 84.5 Å². The fourth-order valence-electron chi connectivity index (χ4n) is 8.30. The molecular weight excluding hydrogens is 410 g/mol. The van der Waals surface area contributed by atoms with E-state index in [1.807, 2.05) is 12.1 Å². The molecule has 0 bridgehead atoms. The average Bonchev–Trinajstić information content (AvgIpc) is 3.16. The second kappa shape index (κ2) is 8.07. The number of Topliss-reactive ketones (excluding diaryl/α,β-unsaturated/α-hetero) is 1. The van der Waals surface area contributed by atoms with E-state index in [9.17, 15) is 9.90 Å². The number of carbonyl (C=O) groups is 1. The summed E-state index contributed by atoms with van der Waals surface area (Å²) in [5, 5.41) is 20.3. The molecule has 0 saturated heterocycles. The molecule has 4 nitrogen and oxygen atoms in total. The van der Waals surface area contributed by atoms with Gasteiger partial charge in [-0.3, -0.25) is 4.79 Å². The highest BCUT2D eigenvalue weighted by molar-refractivity contribution is 5.79. The summed E-state index contributed by atoms with van der Waals surface area (Å²) in [5.41, 5.74) is 3.29. The third kappa shape index (κ3) is 3.69. The van der Waals surface area contributed by atoms with E-state index in [2.05, 4.69) is 26.0 Å². The molecule has 5 rings (SSSR count). The Bertz CT molecular complexity index is 1010. The number of fused-ring (bicyclic) bond motifs is 5. The zero-order valence-corrected chi connectivity index (χ0v) is 20.3. The van der Waals surface area contributed by atoms with Crippen molar-refractivity contribution >= 4 is 5.78 Å². The number of hydrogen-bond acceptors (Lipinski definition) is 4. The predicted molar refractivity (Wildman–Crippen MR) is 127 cm³/mol. The first kappa shape index (κ1) is 22.8. The SMILES string of the molecule is CC(=O)[C@H]1CCC2C3CC=C4C[C@@](O)(OCc5ccc(C#N)cc5)CC[C@]4(C)C3CC[C@@]21C. The number of nitriles is 1. The highest BCUT2D eigenvalue weighted by atomic mass is 16.6. The van der Waals surface area contributed by atoms with Crippen molar-refractivity contribution in [2.24, 2.45) is 34.5 Å². The van der Waals surface area contributed by atoms with Gasteiger partial charge in [-0.2, -0.15) is 5.26 Å². The molecular formula is C29H37NO3. The van der Waals surface area contributed by atoms with Crippen molar-refractivity contribution in [2.75, 3.05) is 0 Å². The highest BCUT2D eigenvalue weighted by Crippen LogP contribution is 2.66. The number of aliphatic hydroxyl groups is 1. The van der Waals surface area contributed by atoms with Crippen molar-refractivity contribution in [1.82, 2.24) is 0 Å². The quantitative estimate of drug-likeness (QED) is 0.459. The minimum absolute atomic E-state index is 0.128. The van der Waals surface area contributed by atoms with Crippen LogP contribution in [0.25, 0.3) is 0 Å². The van der Waals surface area contributed by atoms with Crippen molar-refractivity contribution in [3.63, 3.8) is 0 Å². The zero-order chi connectivity index (χ0) is 23.4. The standard InChI is InChI=1S/C29H37NO3/c1-19(31)24-10-11-25-23-9-8-22-16-29(32,33-18-21-6-4-20(17-30)5-7-21)15-14-27(22,2)26(23)12-13-28(24,25)3/h4-8,23-26,32H,9-16,18H2,1-3H3/t23?,24-,25?,26?,27+,28-,29+/m1/s1. The molecule has 4 aliphatic rings. The lowest BCUT2D eigenvalue weighted by atomic mass is 9.47. The van der Waals surface area contributed by atoms with Crippen LogP contribution in [0, 0.1) is 45.8 Å². The molecule has 1 aromatic carbocycles. The lowest BCUT2D eigenvalue weighted by Crippen LogP contribution is -2.52. The molecule has 4 heteroatoms. The van der Waals surface area contributed by atoms with Crippen LogP contribution in [0.4, 0.5) is 0 Å². The van der Waals surface area contributed by atoms with Crippen LogP contribution in [0.2, 0.25) is 0 Å². The molecule has 0 heterocycles. The summed E-state index contributed by atoms with van der Waals surface area (Å²) >= 11 is 0. The first-order valence-electron chi connectivity index (χ1n) is 12.7. The maximum absolute atomic E-state index is 12.4. The summed E-state index contributed by atoms with van der Waals surface area (Å²) in [6, 6.07) is 9.51. The molecule has 0 aliphatic heterocycles. The van der Waals surface area contributed by atoms with Crippen LogP contribution in [-0.2, 0) is 16.1 Å². The highest BCUT2D eigenvalue weighted by Gasteiger charge is 2.60. The average molecular weight is 448 g/mol. The maximum atomic E-state index is 12.4. The van der Waals surface area contributed by atoms with E-state index in [-0.39, 0.29) is 16.7 Å². The van der Waals surface area contributed by atoms with Crippen molar-refractivity contribution < 1.29 is 14.6 Å². The summed E-state index contributed by atoms with van der Waals surface area (Å²) in [5.74, 6) is 1.46. The number of benzene rings is 1. The smallest absolute Gasteiger partial charge is 0.169 e. The van der Waals surface area contributed by atoms with E-state index >= 15 is 0 Å². The Labute approximate surface area is 198 Å². The second-order valence-electron chi connectivity index (χ2n) is 11.8. The third-order valence-electron chi connectivity index (χ3n) is 10.2. The van der Waals surface area contributed by atoms with Crippen LogP contribution in [0.15, 0.2) is 35.9 Å². The van der Waals surface area contributed by atoms with Crippen LogP contribution in [0.1, 0.15) is 83.3 Å². The summed E-state index contributed by atoms with van der Waals surface area (Å²) < 4.78 is 6.08. The third-order valence-corrected chi connectivity index (χ3v) is 10.2. The van der Waals surface area contributed by atoms with Gasteiger partial charge < -0.3 is 9.84 Å². The van der Waals surface area contributed by atoms with Gasteiger partial charge in [0.2, 0.25) is 0 Å². The minimum atomic E-state index is -1.12. The van der Waals surface area contributed by atoms with E-state index < -0.39 is 5.79 Å². The topological polar surface area (TPSA) is 70.3 Å². The van der Waals surface area contributed by atoms with Gasteiger partial charge in [-0.1, -0.05) is 37.6 Å². The van der Waals surface area contributed by atoms with Gasteiger partial charge in [0, 0.05) is 18.8 Å². The van der Waals surface area contributed by atoms with Crippen molar-refractivity contribution in [3.05, 3.63) is 47.0 Å². The van der Waals surface area contributed by atoms with Crippen molar-refractivity contribution in [1.29, 1.82) is 5.26 Å². The molecule has 1 aromatic rings. The van der Waals surface area contributed by atoms with E-state index in [1.165, 1.54) is 18.4 Å².